The van der Waals surface area contributed by atoms with E-state index in [0.717, 1.165) is 19.3 Å². The Morgan fingerprint density at radius 2 is 1.75 bits per heavy atom. The van der Waals surface area contributed by atoms with Crippen molar-refractivity contribution in [2.75, 3.05) is 18.6 Å². The Morgan fingerprint density at radius 1 is 1.19 bits per heavy atom. The zero-order valence-electron chi connectivity index (χ0n) is 11.3. The third-order valence-electron chi connectivity index (χ3n) is 2.86. The van der Waals surface area contributed by atoms with Crippen LogP contribution in [0, 0.1) is 5.41 Å². The van der Waals surface area contributed by atoms with Crippen molar-refractivity contribution in [2.45, 2.75) is 53.0 Å². The monoisotopic (exact) mass is 249 g/mol. The molecule has 3 nitrogen and oxygen atoms in total. The van der Waals surface area contributed by atoms with Gasteiger partial charge in [-0.2, -0.15) is 0 Å². The summed E-state index contributed by atoms with van der Waals surface area (Å²) in [5.74, 6) is 0.655. The zero-order chi connectivity index (χ0) is 12.8. The standard InChI is InChI=1S/C12H27NO2S/c1-6-9-16(14,15)10-7-8-11(13-5)12(2,3)4/h11,13H,6-10H2,1-5H3. The number of sulfone groups is 1. The summed E-state index contributed by atoms with van der Waals surface area (Å²) in [5, 5.41) is 3.27. The van der Waals surface area contributed by atoms with Crippen LogP contribution in [0.2, 0.25) is 0 Å². The highest BCUT2D eigenvalue weighted by molar-refractivity contribution is 7.91. The SMILES string of the molecule is CCCS(=O)(=O)CCCC(NC)C(C)(C)C. The van der Waals surface area contributed by atoms with Gasteiger partial charge in [0.1, 0.15) is 9.84 Å². The van der Waals surface area contributed by atoms with Crippen LogP contribution >= 0.6 is 0 Å². The van der Waals surface area contributed by atoms with E-state index in [1.165, 1.54) is 0 Å². The molecular weight excluding hydrogens is 222 g/mol. The van der Waals surface area contributed by atoms with Crippen molar-refractivity contribution in [3.8, 4) is 0 Å². The minimum atomic E-state index is -2.81. The van der Waals surface area contributed by atoms with Crippen LogP contribution < -0.4 is 5.32 Å². The molecule has 4 heteroatoms. The fourth-order valence-electron chi connectivity index (χ4n) is 1.93. The molecule has 0 aliphatic rings. The van der Waals surface area contributed by atoms with Gasteiger partial charge in [-0.3, -0.25) is 0 Å². The molecule has 0 aliphatic heterocycles. The average Bonchev–Trinajstić information content (AvgIpc) is 2.10. The molecule has 0 radical (unpaired) electrons. The van der Waals surface area contributed by atoms with Crippen LogP contribution in [0.3, 0.4) is 0 Å². The van der Waals surface area contributed by atoms with Crippen molar-refractivity contribution in [2.24, 2.45) is 5.41 Å². The molecule has 98 valence electrons. The molecule has 0 fully saturated rings. The Labute approximate surface area is 101 Å². The average molecular weight is 249 g/mol. The Balaban J connectivity index is 4.06. The lowest BCUT2D eigenvalue weighted by molar-refractivity contribution is 0.266. The normalized spacial score (nSPS) is 15.1. The summed E-state index contributed by atoms with van der Waals surface area (Å²) >= 11 is 0. The van der Waals surface area contributed by atoms with Crippen molar-refractivity contribution in [1.82, 2.24) is 5.32 Å². The van der Waals surface area contributed by atoms with Gasteiger partial charge in [-0.1, -0.05) is 27.7 Å². The Hall–Kier alpha value is -0.0900. The molecule has 1 N–H and O–H groups in total. The predicted molar refractivity (Wildman–Crippen MR) is 70.5 cm³/mol. The fraction of sp³-hybridized carbons (Fsp3) is 1.00. The molecule has 0 aliphatic carbocycles. The molecule has 0 aromatic rings. The molecule has 0 aromatic carbocycles. The summed E-state index contributed by atoms with van der Waals surface area (Å²) in [6.45, 7) is 8.43. The minimum Gasteiger partial charge on any atom is -0.316 e. The summed E-state index contributed by atoms with van der Waals surface area (Å²) < 4.78 is 23.1. The second kappa shape index (κ2) is 6.60. The zero-order valence-corrected chi connectivity index (χ0v) is 12.2. The summed E-state index contributed by atoms with van der Waals surface area (Å²) in [6.07, 6.45) is 2.39. The summed E-state index contributed by atoms with van der Waals surface area (Å²) in [5.41, 5.74) is 0.184. The molecule has 0 saturated heterocycles. The largest absolute Gasteiger partial charge is 0.316 e. The maximum atomic E-state index is 11.5. The van der Waals surface area contributed by atoms with Crippen molar-refractivity contribution >= 4 is 9.84 Å². The van der Waals surface area contributed by atoms with Crippen LogP contribution in [0.1, 0.15) is 47.0 Å². The second-order valence-corrected chi connectivity index (χ2v) is 7.80. The van der Waals surface area contributed by atoms with Gasteiger partial charge in [-0.15, -0.1) is 0 Å². The van der Waals surface area contributed by atoms with Crippen LogP contribution in [0.5, 0.6) is 0 Å². The van der Waals surface area contributed by atoms with E-state index < -0.39 is 9.84 Å². The first-order chi connectivity index (χ1) is 7.23. The van der Waals surface area contributed by atoms with Gasteiger partial charge in [-0.05, 0) is 31.7 Å². The molecule has 0 aromatic heterocycles. The summed E-state index contributed by atoms with van der Waals surface area (Å²) in [6, 6.07) is 0.379. The third-order valence-corrected chi connectivity index (χ3v) is 4.80. The van der Waals surface area contributed by atoms with Crippen molar-refractivity contribution in [3.63, 3.8) is 0 Å². The second-order valence-electron chi connectivity index (χ2n) is 5.50. The van der Waals surface area contributed by atoms with Gasteiger partial charge in [-0.25, -0.2) is 8.42 Å². The van der Waals surface area contributed by atoms with Gasteiger partial charge >= 0.3 is 0 Å². The van der Waals surface area contributed by atoms with E-state index >= 15 is 0 Å². The van der Waals surface area contributed by atoms with Crippen molar-refractivity contribution in [1.29, 1.82) is 0 Å². The van der Waals surface area contributed by atoms with E-state index in [2.05, 4.69) is 26.1 Å². The van der Waals surface area contributed by atoms with Gasteiger partial charge in [0.25, 0.3) is 0 Å². The van der Waals surface area contributed by atoms with Crippen molar-refractivity contribution < 1.29 is 8.42 Å². The third kappa shape index (κ3) is 6.48. The van der Waals surface area contributed by atoms with Crippen LogP contribution in [-0.4, -0.2) is 33.0 Å². The maximum Gasteiger partial charge on any atom is 0.150 e. The predicted octanol–water partition coefficient (Wildman–Crippen LogP) is 2.23. The van der Waals surface area contributed by atoms with E-state index in [1.54, 1.807) is 0 Å². The summed E-state index contributed by atoms with van der Waals surface area (Å²) in [7, 11) is -0.868. The number of hydrogen-bond donors (Lipinski definition) is 1. The van der Waals surface area contributed by atoms with Gasteiger partial charge in [0.2, 0.25) is 0 Å². The molecule has 1 unspecified atom stereocenters. The smallest absolute Gasteiger partial charge is 0.150 e. The van der Waals surface area contributed by atoms with Gasteiger partial charge < -0.3 is 5.32 Å². The molecule has 0 rings (SSSR count). The number of rotatable bonds is 7. The fourth-order valence-corrected chi connectivity index (χ4v) is 3.36. The van der Waals surface area contributed by atoms with E-state index in [-0.39, 0.29) is 5.41 Å². The molecule has 1 atom stereocenters. The first-order valence-electron chi connectivity index (χ1n) is 6.10. The highest BCUT2D eigenvalue weighted by Crippen LogP contribution is 2.22. The quantitative estimate of drug-likeness (QED) is 0.752. The first-order valence-corrected chi connectivity index (χ1v) is 7.92. The highest BCUT2D eigenvalue weighted by atomic mass is 32.2. The molecule has 0 saturated carbocycles. The van der Waals surface area contributed by atoms with Gasteiger partial charge in [0.05, 0.1) is 5.75 Å². The first kappa shape index (κ1) is 15.9. The van der Waals surface area contributed by atoms with E-state index in [9.17, 15) is 8.42 Å². The molecule has 0 heterocycles. The topological polar surface area (TPSA) is 46.2 Å². The van der Waals surface area contributed by atoms with Crippen LogP contribution in [0.4, 0.5) is 0 Å². The molecular formula is C12H27NO2S. The number of hydrogen-bond acceptors (Lipinski definition) is 3. The van der Waals surface area contributed by atoms with Gasteiger partial charge in [0, 0.05) is 11.8 Å². The van der Waals surface area contributed by atoms with E-state index in [0.29, 0.717) is 17.5 Å². The molecule has 0 bridgehead atoms. The highest BCUT2D eigenvalue weighted by Gasteiger charge is 2.23. The lowest BCUT2D eigenvalue weighted by Gasteiger charge is -2.30. The molecule has 0 spiro atoms. The van der Waals surface area contributed by atoms with E-state index in [1.807, 2.05) is 14.0 Å². The summed E-state index contributed by atoms with van der Waals surface area (Å²) in [4.78, 5) is 0. The molecule has 0 amide bonds. The Kier molecular flexibility index (Phi) is 6.56. The number of nitrogens with one attached hydrogen (secondary N) is 1. The molecule has 16 heavy (non-hydrogen) atoms. The lowest BCUT2D eigenvalue weighted by atomic mass is 9.84. The lowest BCUT2D eigenvalue weighted by Crippen LogP contribution is -2.38. The van der Waals surface area contributed by atoms with Crippen LogP contribution in [-0.2, 0) is 9.84 Å². The minimum absolute atomic E-state index is 0.184. The van der Waals surface area contributed by atoms with Gasteiger partial charge in [0.15, 0.2) is 0 Å². The van der Waals surface area contributed by atoms with E-state index in [4.69, 9.17) is 0 Å². The van der Waals surface area contributed by atoms with Crippen LogP contribution in [0.15, 0.2) is 0 Å². The Bertz CT molecular complexity index is 278. The van der Waals surface area contributed by atoms with Crippen LogP contribution in [0.25, 0.3) is 0 Å². The Morgan fingerprint density at radius 3 is 2.12 bits per heavy atom. The van der Waals surface area contributed by atoms with Crippen molar-refractivity contribution in [3.05, 3.63) is 0 Å². The maximum absolute atomic E-state index is 11.5.